The van der Waals surface area contributed by atoms with Gasteiger partial charge >= 0.3 is 11.4 Å². The molecule has 3 aromatic rings. The van der Waals surface area contributed by atoms with Crippen LogP contribution in [0.25, 0.3) is 11.0 Å². The van der Waals surface area contributed by atoms with Gasteiger partial charge in [0.15, 0.2) is 0 Å². The van der Waals surface area contributed by atoms with E-state index in [-0.39, 0.29) is 18.2 Å². The average molecular weight is 342 g/mol. The Labute approximate surface area is 141 Å². The van der Waals surface area contributed by atoms with Gasteiger partial charge in [-0.1, -0.05) is 0 Å². The SMILES string of the molecule is COc1ccc2c(COc3ccc(C)nc3[N+](=O)[O-])cc(=O)oc2c1. The summed E-state index contributed by atoms with van der Waals surface area (Å²) in [5.41, 5.74) is 0.860. The van der Waals surface area contributed by atoms with Crippen molar-refractivity contribution in [3.63, 3.8) is 0 Å². The van der Waals surface area contributed by atoms with Crippen molar-refractivity contribution in [1.29, 1.82) is 0 Å². The Hall–Kier alpha value is -3.42. The molecule has 2 aromatic heterocycles. The topological polar surface area (TPSA) is 105 Å². The lowest BCUT2D eigenvalue weighted by molar-refractivity contribution is -0.390. The largest absolute Gasteiger partial charge is 0.497 e. The molecule has 128 valence electrons. The van der Waals surface area contributed by atoms with Crippen LogP contribution in [-0.4, -0.2) is 17.0 Å². The third-order valence-electron chi connectivity index (χ3n) is 3.57. The maximum atomic E-state index is 11.8. The Bertz CT molecular complexity index is 1010. The molecule has 0 amide bonds. The second kappa shape index (κ2) is 6.60. The van der Waals surface area contributed by atoms with Crippen LogP contribution in [0, 0.1) is 17.0 Å². The molecule has 0 bridgehead atoms. The highest BCUT2D eigenvalue weighted by molar-refractivity contribution is 5.81. The maximum absolute atomic E-state index is 11.8. The molecule has 8 nitrogen and oxygen atoms in total. The van der Waals surface area contributed by atoms with Gasteiger partial charge in [-0.05, 0) is 34.2 Å². The number of nitro groups is 1. The van der Waals surface area contributed by atoms with Crippen LogP contribution in [0.3, 0.4) is 0 Å². The van der Waals surface area contributed by atoms with Gasteiger partial charge in [0.25, 0.3) is 0 Å². The number of aromatic nitrogens is 1. The first-order chi connectivity index (χ1) is 12.0. The minimum atomic E-state index is -0.606. The maximum Gasteiger partial charge on any atom is 0.406 e. The summed E-state index contributed by atoms with van der Waals surface area (Å²) in [6.07, 6.45) is 0. The molecule has 0 fully saturated rings. The zero-order chi connectivity index (χ0) is 18.0. The van der Waals surface area contributed by atoms with Gasteiger partial charge in [0, 0.05) is 30.0 Å². The lowest BCUT2D eigenvalue weighted by atomic mass is 10.1. The van der Waals surface area contributed by atoms with Gasteiger partial charge in [-0.15, -0.1) is 0 Å². The Morgan fingerprint density at radius 3 is 2.76 bits per heavy atom. The molecular weight excluding hydrogens is 328 g/mol. The van der Waals surface area contributed by atoms with Crippen molar-refractivity contribution in [2.24, 2.45) is 0 Å². The molecule has 0 saturated carbocycles. The Balaban J connectivity index is 1.97. The van der Waals surface area contributed by atoms with Crippen LogP contribution in [0.1, 0.15) is 11.3 Å². The summed E-state index contributed by atoms with van der Waals surface area (Å²) in [6, 6.07) is 9.44. The molecule has 25 heavy (non-hydrogen) atoms. The summed E-state index contributed by atoms with van der Waals surface area (Å²) >= 11 is 0. The zero-order valence-electron chi connectivity index (χ0n) is 13.5. The first kappa shape index (κ1) is 16.4. The summed E-state index contributed by atoms with van der Waals surface area (Å²) in [6.45, 7) is 1.61. The van der Waals surface area contributed by atoms with E-state index in [2.05, 4.69) is 4.98 Å². The third kappa shape index (κ3) is 3.42. The molecule has 0 radical (unpaired) electrons. The van der Waals surface area contributed by atoms with E-state index in [0.29, 0.717) is 28.0 Å². The van der Waals surface area contributed by atoms with Crippen molar-refractivity contribution >= 4 is 16.8 Å². The molecule has 3 rings (SSSR count). The number of methoxy groups -OCH3 is 1. The molecule has 0 saturated heterocycles. The highest BCUT2D eigenvalue weighted by Crippen LogP contribution is 2.27. The second-order valence-electron chi connectivity index (χ2n) is 5.27. The van der Waals surface area contributed by atoms with Crippen LogP contribution in [0.4, 0.5) is 5.82 Å². The number of rotatable bonds is 5. The number of fused-ring (bicyclic) bond motifs is 1. The lowest BCUT2D eigenvalue weighted by Gasteiger charge is -2.09. The van der Waals surface area contributed by atoms with Gasteiger partial charge in [-0.25, -0.2) is 4.79 Å². The molecule has 0 N–H and O–H groups in total. The molecule has 1 aromatic carbocycles. The van der Waals surface area contributed by atoms with Crippen molar-refractivity contribution in [2.45, 2.75) is 13.5 Å². The van der Waals surface area contributed by atoms with E-state index < -0.39 is 10.5 Å². The molecule has 0 atom stereocenters. The van der Waals surface area contributed by atoms with Crippen molar-refractivity contribution in [2.75, 3.05) is 7.11 Å². The first-order valence-corrected chi connectivity index (χ1v) is 7.33. The van der Waals surface area contributed by atoms with Crippen LogP contribution in [0.5, 0.6) is 11.5 Å². The fourth-order valence-corrected chi connectivity index (χ4v) is 2.39. The number of hydrogen-bond donors (Lipinski definition) is 0. The Morgan fingerprint density at radius 2 is 2.04 bits per heavy atom. The van der Waals surface area contributed by atoms with Crippen LogP contribution >= 0.6 is 0 Å². The van der Waals surface area contributed by atoms with Crippen LogP contribution in [-0.2, 0) is 6.61 Å². The first-order valence-electron chi connectivity index (χ1n) is 7.33. The van der Waals surface area contributed by atoms with E-state index in [9.17, 15) is 14.9 Å². The molecule has 0 aliphatic heterocycles. The quantitative estimate of drug-likeness (QED) is 0.399. The summed E-state index contributed by atoms with van der Waals surface area (Å²) in [7, 11) is 1.51. The van der Waals surface area contributed by atoms with E-state index in [4.69, 9.17) is 13.9 Å². The van der Waals surface area contributed by atoms with Crippen LogP contribution in [0.2, 0.25) is 0 Å². The Kier molecular flexibility index (Phi) is 4.34. The minimum absolute atomic E-state index is 0.0329. The zero-order valence-corrected chi connectivity index (χ0v) is 13.5. The van der Waals surface area contributed by atoms with E-state index >= 15 is 0 Å². The number of nitrogens with zero attached hydrogens (tertiary/aromatic N) is 2. The predicted molar refractivity (Wildman–Crippen MR) is 89.0 cm³/mol. The summed E-state index contributed by atoms with van der Waals surface area (Å²) in [5.74, 6) is 0.214. The van der Waals surface area contributed by atoms with Gasteiger partial charge in [0.2, 0.25) is 5.75 Å². The van der Waals surface area contributed by atoms with Gasteiger partial charge in [0.1, 0.15) is 23.6 Å². The standard InChI is InChI=1S/C17H14N2O6/c1-10-3-6-14(17(18-10)19(21)22)24-9-11-7-16(20)25-15-8-12(23-2)4-5-13(11)15/h3-8H,9H2,1-2H3. The summed E-state index contributed by atoms with van der Waals surface area (Å²) in [5, 5.41) is 11.8. The predicted octanol–water partition coefficient (Wildman–Crippen LogP) is 2.99. The van der Waals surface area contributed by atoms with Crippen molar-refractivity contribution in [3.8, 4) is 11.5 Å². The van der Waals surface area contributed by atoms with Crippen molar-refractivity contribution in [3.05, 3.63) is 68.2 Å². The van der Waals surface area contributed by atoms with Crippen LogP contribution < -0.4 is 15.1 Å². The molecule has 8 heteroatoms. The normalized spacial score (nSPS) is 10.6. The number of hydrogen-bond acceptors (Lipinski definition) is 7. The number of benzene rings is 1. The van der Waals surface area contributed by atoms with Crippen molar-refractivity contribution in [1.82, 2.24) is 4.98 Å². The highest BCUT2D eigenvalue weighted by atomic mass is 16.6. The van der Waals surface area contributed by atoms with E-state index in [1.165, 1.54) is 19.2 Å². The summed E-state index contributed by atoms with van der Waals surface area (Å²) < 4.78 is 15.8. The van der Waals surface area contributed by atoms with E-state index in [0.717, 1.165) is 0 Å². The number of aryl methyl sites for hydroxylation is 1. The minimum Gasteiger partial charge on any atom is -0.497 e. The van der Waals surface area contributed by atoms with Crippen LogP contribution in [0.15, 0.2) is 45.6 Å². The van der Waals surface area contributed by atoms with E-state index in [1.54, 1.807) is 31.2 Å². The molecular formula is C17H14N2O6. The fourth-order valence-electron chi connectivity index (χ4n) is 2.39. The molecule has 2 heterocycles. The Morgan fingerprint density at radius 1 is 1.24 bits per heavy atom. The van der Waals surface area contributed by atoms with Crippen molar-refractivity contribution < 1.29 is 18.8 Å². The average Bonchev–Trinajstić information content (AvgIpc) is 2.59. The smallest absolute Gasteiger partial charge is 0.406 e. The van der Waals surface area contributed by atoms with Gasteiger partial charge < -0.3 is 24.0 Å². The third-order valence-corrected chi connectivity index (χ3v) is 3.57. The van der Waals surface area contributed by atoms with Gasteiger partial charge in [0.05, 0.1) is 7.11 Å². The second-order valence-corrected chi connectivity index (χ2v) is 5.27. The fraction of sp³-hybridized carbons (Fsp3) is 0.176. The number of pyridine rings is 1. The lowest BCUT2D eigenvalue weighted by Crippen LogP contribution is -2.06. The summed E-state index contributed by atoms with van der Waals surface area (Å²) in [4.78, 5) is 26.1. The van der Waals surface area contributed by atoms with Gasteiger partial charge in [-0.2, -0.15) is 0 Å². The molecule has 0 unspecified atom stereocenters. The van der Waals surface area contributed by atoms with E-state index in [1.807, 2.05) is 0 Å². The van der Waals surface area contributed by atoms with Gasteiger partial charge in [-0.3, -0.25) is 0 Å². The highest BCUT2D eigenvalue weighted by Gasteiger charge is 2.18. The molecule has 0 spiro atoms. The molecule has 0 aliphatic carbocycles. The monoisotopic (exact) mass is 342 g/mol. The molecule has 0 aliphatic rings. The number of ether oxygens (including phenoxy) is 2.